The molecule has 1 rings (SSSR count). The Bertz CT molecular complexity index is 382. The summed E-state index contributed by atoms with van der Waals surface area (Å²) in [5.74, 6) is 5.69. The number of hydrazine groups is 1. The normalized spacial score (nSPS) is 10.9. The first-order chi connectivity index (χ1) is 8.60. The van der Waals surface area contributed by atoms with Crippen molar-refractivity contribution in [1.82, 2.24) is 9.99 Å². The van der Waals surface area contributed by atoms with Crippen LogP contribution in [0.15, 0.2) is 12.1 Å². The first-order valence-corrected chi connectivity index (χ1v) is 6.79. The van der Waals surface area contributed by atoms with Gasteiger partial charge in [-0.1, -0.05) is 27.2 Å². The summed E-state index contributed by atoms with van der Waals surface area (Å²) in [6, 6.07) is 3.91. The Labute approximate surface area is 110 Å². The summed E-state index contributed by atoms with van der Waals surface area (Å²) in [6.07, 6.45) is 4.35. The zero-order chi connectivity index (χ0) is 13.5. The first-order valence-electron chi connectivity index (χ1n) is 6.79. The summed E-state index contributed by atoms with van der Waals surface area (Å²) in [4.78, 5) is 11.7. The maximum atomic E-state index is 11.7. The molecule has 1 amide bonds. The molecule has 4 nitrogen and oxygen atoms in total. The average molecular weight is 251 g/mol. The van der Waals surface area contributed by atoms with Gasteiger partial charge in [-0.2, -0.15) is 0 Å². The van der Waals surface area contributed by atoms with E-state index in [0.29, 0.717) is 11.6 Å². The molecule has 1 aromatic heterocycles. The Morgan fingerprint density at radius 3 is 2.72 bits per heavy atom. The zero-order valence-corrected chi connectivity index (χ0v) is 11.7. The molecular weight excluding hydrogens is 226 g/mol. The molecule has 0 aliphatic heterocycles. The summed E-state index contributed by atoms with van der Waals surface area (Å²) < 4.78 is 2.11. The Hall–Kier alpha value is -1.29. The number of carbonyl (C=O) groups excluding carboxylic acids is 1. The van der Waals surface area contributed by atoms with Crippen LogP contribution in [-0.4, -0.2) is 10.5 Å². The maximum absolute atomic E-state index is 11.7. The number of nitrogens with one attached hydrogen (secondary N) is 1. The summed E-state index contributed by atoms with van der Waals surface area (Å²) in [5, 5.41) is 0. The number of unbranched alkanes of at least 4 members (excludes halogenated alkanes) is 1. The van der Waals surface area contributed by atoms with E-state index in [1.165, 1.54) is 5.69 Å². The quantitative estimate of drug-likeness (QED) is 0.444. The van der Waals surface area contributed by atoms with Gasteiger partial charge in [0, 0.05) is 12.2 Å². The van der Waals surface area contributed by atoms with Gasteiger partial charge in [0.05, 0.1) is 0 Å². The molecule has 0 radical (unpaired) electrons. The van der Waals surface area contributed by atoms with E-state index >= 15 is 0 Å². The van der Waals surface area contributed by atoms with Gasteiger partial charge < -0.3 is 4.57 Å². The minimum atomic E-state index is -0.207. The molecule has 0 aliphatic rings. The lowest BCUT2D eigenvalue weighted by Crippen LogP contribution is -2.32. The van der Waals surface area contributed by atoms with Gasteiger partial charge in [-0.05, 0) is 37.3 Å². The van der Waals surface area contributed by atoms with Crippen molar-refractivity contribution in [2.24, 2.45) is 11.8 Å². The van der Waals surface area contributed by atoms with Crippen LogP contribution in [0.25, 0.3) is 0 Å². The third-order valence-corrected chi connectivity index (χ3v) is 3.15. The predicted molar refractivity (Wildman–Crippen MR) is 74.2 cm³/mol. The summed E-state index contributed by atoms with van der Waals surface area (Å²) in [6.45, 7) is 7.47. The van der Waals surface area contributed by atoms with Gasteiger partial charge in [-0.3, -0.25) is 10.2 Å². The number of rotatable bonds is 7. The third kappa shape index (κ3) is 3.88. The predicted octanol–water partition coefficient (Wildman–Crippen LogP) is 2.48. The number of hydrogen-bond acceptors (Lipinski definition) is 2. The number of nitrogens with zero attached hydrogens (tertiary/aromatic N) is 1. The van der Waals surface area contributed by atoms with E-state index in [1.807, 2.05) is 12.1 Å². The minimum absolute atomic E-state index is 0.207. The molecule has 0 spiro atoms. The molecule has 0 aliphatic carbocycles. The molecule has 0 unspecified atom stereocenters. The summed E-state index contributed by atoms with van der Waals surface area (Å²) in [7, 11) is 0. The van der Waals surface area contributed by atoms with E-state index in [0.717, 1.165) is 32.2 Å². The maximum Gasteiger partial charge on any atom is 0.281 e. The smallest absolute Gasteiger partial charge is 0.281 e. The van der Waals surface area contributed by atoms with Crippen LogP contribution in [0.1, 0.15) is 56.2 Å². The van der Waals surface area contributed by atoms with Crippen molar-refractivity contribution in [3.8, 4) is 0 Å². The van der Waals surface area contributed by atoms with Crippen molar-refractivity contribution in [2.45, 2.75) is 53.0 Å². The SMILES string of the molecule is CCCCn1c(CCC(C)C)ccc1C(=O)NN. The Balaban J connectivity index is 2.88. The lowest BCUT2D eigenvalue weighted by atomic mass is 10.1. The highest BCUT2D eigenvalue weighted by Crippen LogP contribution is 2.15. The number of aromatic nitrogens is 1. The molecule has 1 heterocycles. The van der Waals surface area contributed by atoms with E-state index in [4.69, 9.17) is 5.84 Å². The summed E-state index contributed by atoms with van der Waals surface area (Å²) in [5.41, 5.74) is 4.12. The highest BCUT2D eigenvalue weighted by Gasteiger charge is 2.13. The molecule has 0 aromatic carbocycles. The van der Waals surface area contributed by atoms with Gasteiger partial charge in [0.2, 0.25) is 0 Å². The highest BCUT2D eigenvalue weighted by molar-refractivity contribution is 5.92. The Kier molecular flexibility index (Phi) is 5.92. The van der Waals surface area contributed by atoms with E-state index in [-0.39, 0.29) is 5.91 Å². The van der Waals surface area contributed by atoms with Crippen molar-refractivity contribution in [3.05, 3.63) is 23.5 Å². The van der Waals surface area contributed by atoms with Crippen LogP contribution in [0, 0.1) is 5.92 Å². The van der Waals surface area contributed by atoms with Crippen LogP contribution in [0.2, 0.25) is 0 Å². The van der Waals surface area contributed by atoms with Gasteiger partial charge in [0.25, 0.3) is 5.91 Å². The van der Waals surface area contributed by atoms with Gasteiger partial charge in [0.15, 0.2) is 0 Å². The molecule has 18 heavy (non-hydrogen) atoms. The van der Waals surface area contributed by atoms with Crippen molar-refractivity contribution < 1.29 is 4.79 Å². The average Bonchev–Trinajstić information content (AvgIpc) is 2.75. The standard InChI is InChI=1S/C14H25N3O/c1-4-5-10-17-12(7-6-11(2)3)8-9-13(17)14(18)16-15/h8-9,11H,4-7,10,15H2,1-3H3,(H,16,18). The number of amides is 1. The Morgan fingerprint density at radius 1 is 1.44 bits per heavy atom. The van der Waals surface area contributed by atoms with Crippen LogP contribution in [0.5, 0.6) is 0 Å². The second-order valence-electron chi connectivity index (χ2n) is 5.12. The molecule has 102 valence electrons. The van der Waals surface area contributed by atoms with E-state index in [1.54, 1.807) is 0 Å². The van der Waals surface area contributed by atoms with Gasteiger partial charge in [-0.15, -0.1) is 0 Å². The minimum Gasteiger partial charge on any atom is -0.341 e. The van der Waals surface area contributed by atoms with Gasteiger partial charge in [0.1, 0.15) is 5.69 Å². The lowest BCUT2D eigenvalue weighted by molar-refractivity contribution is 0.0943. The van der Waals surface area contributed by atoms with Crippen LogP contribution >= 0.6 is 0 Å². The first kappa shape index (κ1) is 14.8. The molecule has 4 heteroatoms. The second-order valence-corrected chi connectivity index (χ2v) is 5.12. The number of carbonyl (C=O) groups is 1. The topological polar surface area (TPSA) is 60.0 Å². The monoisotopic (exact) mass is 251 g/mol. The molecule has 0 fully saturated rings. The van der Waals surface area contributed by atoms with Crippen LogP contribution in [0.3, 0.4) is 0 Å². The van der Waals surface area contributed by atoms with E-state index in [2.05, 4.69) is 30.8 Å². The van der Waals surface area contributed by atoms with Crippen molar-refractivity contribution in [1.29, 1.82) is 0 Å². The zero-order valence-electron chi connectivity index (χ0n) is 11.7. The lowest BCUT2D eigenvalue weighted by Gasteiger charge is -2.13. The third-order valence-electron chi connectivity index (χ3n) is 3.15. The van der Waals surface area contributed by atoms with Gasteiger partial charge in [-0.25, -0.2) is 5.84 Å². The van der Waals surface area contributed by atoms with E-state index < -0.39 is 0 Å². The highest BCUT2D eigenvalue weighted by atomic mass is 16.2. The number of aryl methyl sites for hydroxylation is 1. The fourth-order valence-electron chi connectivity index (χ4n) is 2.02. The molecule has 1 aromatic rings. The van der Waals surface area contributed by atoms with Crippen LogP contribution < -0.4 is 11.3 Å². The van der Waals surface area contributed by atoms with Crippen LogP contribution in [-0.2, 0) is 13.0 Å². The molecule has 0 saturated heterocycles. The van der Waals surface area contributed by atoms with E-state index in [9.17, 15) is 4.79 Å². The molecule has 3 N–H and O–H groups in total. The van der Waals surface area contributed by atoms with Gasteiger partial charge >= 0.3 is 0 Å². The Morgan fingerprint density at radius 2 is 2.17 bits per heavy atom. The fraction of sp³-hybridized carbons (Fsp3) is 0.643. The largest absolute Gasteiger partial charge is 0.341 e. The second kappa shape index (κ2) is 7.21. The molecule has 0 atom stereocenters. The number of nitrogens with two attached hydrogens (primary N) is 1. The fourth-order valence-corrected chi connectivity index (χ4v) is 2.02. The number of nitrogen functional groups attached to an aromatic ring is 1. The van der Waals surface area contributed by atoms with Crippen molar-refractivity contribution >= 4 is 5.91 Å². The molecule has 0 saturated carbocycles. The molecule has 0 bridgehead atoms. The van der Waals surface area contributed by atoms with Crippen molar-refractivity contribution in [2.75, 3.05) is 0 Å². The summed E-state index contributed by atoms with van der Waals surface area (Å²) >= 11 is 0. The molecular formula is C14H25N3O. The van der Waals surface area contributed by atoms with Crippen molar-refractivity contribution in [3.63, 3.8) is 0 Å². The van der Waals surface area contributed by atoms with Crippen LogP contribution in [0.4, 0.5) is 0 Å². The number of hydrogen-bond donors (Lipinski definition) is 2.